The van der Waals surface area contributed by atoms with Gasteiger partial charge in [0.1, 0.15) is 5.00 Å². The lowest BCUT2D eigenvalue weighted by Crippen LogP contribution is -2.29. The molecule has 0 spiro atoms. The highest BCUT2D eigenvalue weighted by Crippen LogP contribution is 2.38. The SMILES string of the molecule is CCOC(=O)c1c(NC(=O)/C=C/c2ccc3c(c2)OCO3)sc2c1CCN(Cc1ccccc1)C2. The van der Waals surface area contributed by atoms with E-state index < -0.39 is 5.97 Å². The fraction of sp³-hybridized carbons (Fsp3) is 0.259. The molecule has 0 bridgehead atoms. The number of amides is 1. The Morgan fingerprint density at radius 3 is 2.80 bits per heavy atom. The first-order chi connectivity index (χ1) is 17.1. The number of nitrogens with one attached hydrogen (secondary N) is 1. The highest BCUT2D eigenvalue weighted by Gasteiger charge is 2.29. The quantitative estimate of drug-likeness (QED) is 0.376. The van der Waals surface area contributed by atoms with Gasteiger partial charge in [-0.15, -0.1) is 11.3 Å². The van der Waals surface area contributed by atoms with E-state index in [1.165, 1.54) is 23.0 Å². The lowest BCUT2D eigenvalue weighted by Gasteiger charge is -2.27. The van der Waals surface area contributed by atoms with Crippen molar-refractivity contribution in [3.63, 3.8) is 0 Å². The zero-order valence-corrected chi connectivity index (χ0v) is 20.2. The number of esters is 1. The lowest BCUT2D eigenvalue weighted by molar-refractivity contribution is -0.111. The minimum atomic E-state index is -0.392. The predicted octanol–water partition coefficient (Wildman–Crippen LogP) is 4.86. The molecular weight excluding hydrogens is 464 g/mol. The van der Waals surface area contributed by atoms with Crippen LogP contribution in [0.1, 0.15) is 38.8 Å². The van der Waals surface area contributed by atoms with Gasteiger partial charge in [0.25, 0.3) is 0 Å². The molecule has 1 N–H and O–H groups in total. The number of carbonyl (C=O) groups excluding carboxylic acids is 2. The normalized spacial score (nSPS) is 14.7. The maximum atomic E-state index is 12.8. The van der Waals surface area contributed by atoms with Gasteiger partial charge in [-0.1, -0.05) is 36.4 Å². The van der Waals surface area contributed by atoms with E-state index in [1.807, 2.05) is 36.4 Å². The summed E-state index contributed by atoms with van der Waals surface area (Å²) >= 11 is 1.45. The molecule has 5 rings (SSSR count). The number of ether oxygens (including phenoxy) is 3. The van der Waals surface area contributed by atoms with Crippen LogP contribution in [-0.2, 0) is 29.0 Å². The first-order valence-electron chi connectivity index (χ1n) is 11.6. The minimum absolute atomic E-state index is 0.200. The van der Waals surface area contributed by atoms with Crippen LogP contribution in [0.3, 0.4) is 0 Å². The molecule has 8 heteroatoms. The highest BCUT2D eigenvalue weighted by atomic mass is 32.1. The number of fused-ring (bicyclic) bond motifs is 2. The van der Waals surface area contributed by atoms with E-state index in [0.29, 0.717) is 22.1 Å². The molecule has 3 heterocycles. The maximum absolute atomic E-state index is 12.8. The van der Waals surface area contributed by atoms with E-state index in [0.717, 1.165) is 42.1 Å². The number of hydrogen-bond donors (Lipinski definition) is 1. The Hall–Kier alpha value is -3.62. The van der Waals surface area contributed by atoms with Gasteiger partial charge in [0, 0.05) is 30.6 Å². The molecule has 7 nitrogen and oxygen atoms in total. The van der Waals surface area contributed by atoms with Crippen molar-refractivity contribution in [2.75, 3.05) is 25.3 Å². The zero-order chi connectivity index (χ0) is 24.2. The molecule has 1 amide bonds. The average molecular weight is 491 g/mol. The molecule has 0 atom stereocenters. The second kappa shape index (κ2) is 10.3. The molecule has 3 aromatic rings. The number of rotatable bonds is 7. The van der Waals surface area contributed by atoms with Crippen molar-refractivity contribution in [3.05, 3.63) is 81.7 Å². The third-order valence-corrected chi connectivity index (χ3v) is 7.06. The summed E-state index contributed by atoms with van der Waals surface area (Å²) in [5.74, 6) is 0.642. The van der Waals surface area contributed by atoms with Crippen LogP contribution in [0.25, 0.3) is 6.08 Å². The molecule has 180 valence electrons. The van der Waals surface area contributed by atoms with E-state index >= 15 is 0 Å². The van der Waals surface area contributed by atoms with Crippen LogP contribution in [0, 0.1) is 0 Å². The van der Waals surface area contributed by atoms with Gasteiger partial charge in [-0.3, -0.25) is 9.69 Å². The molecule has 1 aromatic heterocycles. The van der Waals surface area contributed by atoms with E-state index in [-0.39, 0.29) is 19.3 Å². The van der Waals surface area contributed by atoms with Crippen LogP contribution < -0.4 is 14.8 Å². The van der Waals surface area contributed by atoms with Crippen LogP contribution >= 0.6 is 11.3 Å². The second-order valence-electron chi connectivity index (χ2n) is 8.31. The minimum Gasteiger partial charge on any atom is -0.462 e. The number of thiophene rings is 1. The van der Waals surface area contributed by atoms with Crippen molar-refractivity contribution in [1.82, 2.24) is 4.90 Å². The van der Waals surface area contributed by atoms with Gasteiger partial charge < -0.3 is 19.5 Å². The summed E-state index contributed by atoms with van der Waals surface area (Å²) in [6, 6.07) is 15.8. The molecular formula is C27H26N2O5S. The summed E-state index contributed by atoms with van der Waals surface area (Å²) < 4.78 is 16.0. The molecule has 2 aliphatic heterocycles. The molecule has 0 saturated heterocycles. The first-order valence-corrected chi connectivity index (χ1v) is 12.4. The summed E-state index contributed by atoms with van der Waals surface area (Å²) in [6.45, 7) is 4.66. The monoisotopic (exact) mass is 490 g/mol. The Balaban J connectivity index is 1.33. The number of hydrogen-bond acceptors (Lipinski definition) is 7. The third-order valence-electron chi connectivity index (χ3n) is 5.93. The molecule has 0 radical (unpaired) electrons. The molecule has 0 saturated carbocycles. The van der Waals surface area contributed by atoms with Gasteiger partial charge in [0.15, 0.2) is 11.5 Å². The van der Waals surface area contributed by atoms with Crippen LogP contribution in [0.4, 0.5) is 5.00 Å². The zero-order valence-electron chi connectivity index (χ0n) is 19.4. The predicted molar refractivity (Wildman–Crippen MR) is 135 cm³/mol. The Kier molecular flexibility index (Phi) is 6.83. The average Bonchev–Trinajstić information content (AvgIpc) is 3.47. The summed E-state index contributed by atoms with van der Waals surface area (Å²) in [5.41, 5.74) is 3.53. The topological polar surface area (TPSA) is 77.1 Å². The van der Waals surface area contributed by atoms with Gasteiger partial charge in [0.2, 0.25) is 12.7 Å². The Bertz CT molecular complexity index is 1270. The van der Waals surface area contributed by atoms with E-state index in [2.05, 4.69) is 22.3 Å². The Morgan fingerprint density at radius 2 is 1.97 bits per heavy atom. The van der Waals surface area contributed by atoms with Crippen molar-refractivity contribution in [2.45, 2.75) is 26.4 Å². The summed E-state index contributed by atoms with van der Waals surface area (Å²) in [6.07, 6.45) is 3.89. The number of carbonyl (C=O) groups is 2. The van der Waals surface area contributed by atoms with Crippen molar-refractivity contribution >= 4 is 34.3 Å². The van der Waals surface area contributed by atoms with Crippen molar-refractivity contribution in [2.24, 2.45) is 0 Å². The molecule has 2 aromatic carbocycles. The Morgan fingerprint density at radius 1 is 1.14 bits per heavy atom. The van der Waals surface area contributed by atoms with E-state index in [9.17, 15) is 9.59 Å². The van der Waals surface area contributed by atoms with Crippen molar-refractivity contribution in [3.8, 4) is 11.5 Å². The van der Waals surface area contributed by atoms with Crippen LogP contribution in [0.15, 0.2) is 54.6 Å². The fourth-order valence-electron chi connectivity index (χ4n) is 4.28. The van der Waals surface area contributed by atoms with Crippen molar-refractivity contribution < 1.29 is 23.8 Å². The summed E-state index contributed by atoms with van der Waals surface area (Å²) in [5, 5.41) is 3.45. The van der Waals surface area contributed by atoms with Gasteiger partial charge in [-0.05, 0) is 48.2 Å². The highest BCUT2D eigenvalue weighted by molar-refractivity contribution is 7.17. The molecule has 2 aliphatic rings. The number of benzene rings is 2. The van der Waals surface area contributed by atoms with Gasteiger partial charge in [-0.2, -0.15) is 0 Å². The van der Waals surface area contributed by atoms with E-state index in [1.54, 1.807) is 13.0 Å². The molecule has 0 fully saturated rings. The van der Waals surface area contributed by atoms with Gasteiger partial charge in [-0.25, -0.2) is 4.79 Å². The molecule has 0 unspecified atom stereocenters. The molecule has 0 aliphatic carbocycles. The smallest absolute Gasteiger partial charge is 0.341 e. The maximum Gasteiger partial charge on any atom is 0.341 e. The van der Waals surface area contributed by atoms with Crippen LogP contribution in [0.2, 0.25) is 0 Å². The summed E-state index contributed by atoms with van der Waals surface area (Å²) in [7, 11) is 0. The fourth-order valence-corrected chi connectivity index (χ4v) is 5.56. The van der Waals surface area contributed by atoms with Gasteiger partial charge >= 0.3 is 5.97 Å². The standard InChI is InChI=1S/C27H26N2O5S/c1-2-32-27(31)25-20-12-13-29(15-19-6-4-3-5-7-19)16-23(20)35-26(25)28-24(30)11-9-18-8-10-21-22(14-18)34-17-33-21/h3-11,14H,2,12-13,15-17H2,1H3,(H,28,30)/b11-9+. The second-order valence-corrected chi connectivity index (χ2v) is 9.42. The lowest BCUT2D eigenvalue weighted by atomic mass is 10.0. The Labute approximate surface area is 207 Å². The number of nitrogens with zero attached hydrogens (tertiary/aromatic N) is 1. The van der Waals surface area contributed by atoms with Gasteiger partial charge in [0.05, 0.1) is 12.2 Å². The number of anilines is 1. The largest absolute Gasteiger partial charge is 0.462 e. The molecule has 35 heavy (non-hydrogen) atoms. The summed E-state index contributed by atoms with van der Waals surface area (Å²) in [4.78, 5) is 29.0. The van der Waals surface area contributed by atoms with Crippen LogP contribution in [-0.4, -0.2) is 36.7 Å². The van der Waals surface area contributed by atoms with Crippen LogP contribution in [0.5, 0.6) is 11.5 Å². The van der Waals surface area contributed by atoms with Crippen molar-refractivity contribution in [1.29, 1.82) is 0 Å². The van der Waals surface area contributed by atoms with E-state index in [4.69, 9.17) is 14.2 Å². The third kappa shape index (κ3) is 5.23. The first kappa shape index (κ1) is 23.1.